The van der Waals surface area contributed by atoms with E-state index in [0.717, 1.165) is 28.1 Å². The number of methoxy groups -OCH3 is 1. The molecule has 0 aliphatic rings. The summed E-state index contributed by atoms with van der Waals surface area (Å²) in [4.78, 5) is 0. The fourth-order valence-corrected chi connectivity index (χ4v) is 3.09. The van der Waals surface area contributed by atoms with Crippen molar-refractivity contribution in [2.24, 2.45) is 0 Å². The lowest BCUT2D eigenvalue weighted by Gasteiger charge is -2.15. The van der Waals surface area contributed by atoms with Gasteiger partial charge in [0.05, 0.1) is 19.9 Å². The van der Waals surface area contributed by atoms with Gasteiger partial charge in [0, 0.05) is 11.1 Å². The summed E-state index contributed by atoms with van der Waals surface area (Å²) in [6.07, 6.45) is 0. The number of rotatable bonds is 6. The van der Waals surface area contributed by atoms with Crippen LogP contribution in [0.1, 0.15) is 5.56 Å². The molecular formula is C21H21NO2S. The van der Waals surface area contributed by atoms with Gasteiger partial charge in [0.25, 0.3) is 0 Å². The van der Waals surface area contributed by atoms with Crippen molar-refractivity contribution in [3.63, 3.8) is 0 Å². The monoisotopic (exact) mass is 351 g/mol. The zero-order chi connectivity index (χ0) is 17.6. The Morgan fingerprint density at radius 1 is 0.800 bits per heavy atom. The van der Waals surface area contributed by atoms with Gasteiger partial charge in [-0.1, -0.05) is 54.1 Å². The van der Waals surface area contributed by atoms with Gasteiger partial charge in [0.15, 0.2) is 0 Å². The van der Waals surface area contributed by atoms with Crippen LogP contribution in [-0.2, 0) is 4.18 Å². The largest absolute Gasteiger partial charge is 0.496 e. The molecule has 0 radical (unpaired) electrons. The molecule has 3 aromatic carbocycles. The maximum absolute atomic E-state index is 5.55. The van der Waals surface area contributed by atoms with Crippen molar-refractivity contribution in [3.05, 3.63) is 72.3 Å². The maximum Gasteiger partial charge on any atom is 0.126 e. The Morgan fingerprint density at radius 3 is 2.24 bits per heavy atom. The number of ether oxygens (including phenoxy) is 1. The first-order valence-electron chi connectivity index (χ1n) is 8.03. The molecule has 3 nitrogen and oxygen atoms in total. The molecule has 0 bridgehead atoms. The summed E-state index contributed by atoms with van der Waals surface area (Å²) in [5.41, 5.74) is 6.69. The zero-order valence-corrected chi connectivity index (χ0v) is 15.4. The molecule has 1 N–H and O–H groups in total. The van der Waals surface area contributed by atoms with E-state index >= 15 is 0 Å². The van der Waals surface area contributed by atoms with Gasteiger partial charge in [0.1, 0.15) is 18.0 Å². The molecule has 128 valence electrons. The maximum atomic E-state index is 5.55. The SMILES string of the molecule is COSNc1ccc(-c2ccc(C)cc2)cc1-c1ccccc1OC. The Kier molecular flexibility index (Phi) is 5.64. The molecule has 0 saturated carbocycles. The molecule has 0 aliphatic carbocycles. The van der Waals surface area contributed by atoms with E-state index in [2.05, 4.69) is 60.2 Å². The average molecular weight is 351 g/mol. The van der Waals surface area contributed by atoms with Crippen molar-refractivity contribution in [1.82, 2.24) is 0 Å². The highest BCUT2D eigenvalue weighted by atomic mass is 32.2. The normalized spacial score (nSPS) is 10.5. The second kappa shape index (κ2) is 8.10. The van der Waals surface area contributed by atoms with E-state index in [1.54, 1.807) is 14.2 Å². The minimum atomic E-state index is 0.842. The molecule has 0 spiro atoms. The number of hydrogen-bond acceptors (Lipinski definition) is 4. The number of benzene rings is 3. The van der Waals surface area contributed by atoms with Crippen molar-refractivity contribution in [3.8, 4) is 28.0 Å². The minimum Gasteiger partial charge on any atom is -0.496 e. The molecule has 0 aromatic heterocycles. The standard InChI is InChI=1S/C21H21NO2S/c1-15-8-10-16(11-9-15)17-12-13-20(22-25-24-3)19(14-17)18-6-4-5-7-21(18)23-2/h4-14,22H,1-3H3. The molecule has 0 unspecified atom stereocenters. The second-order valence-electron chi connectivity index (χ2n) is 5.68. The average Bonchev–Trinajstić information content (AvgIpc) is 2.67. The van der Waals surface area contributed by atoms with Crippen molar-refractivity contribution in [2.75, 3.05) is 18.9 Å². The zero-order valence-electron chi connectivity index (χ0n) is 14.6. The van der Waals surface area contributed by atoms with Gasteiger partial charge in [-0.15, -0.1) is 0 Å². The summed E-state index contributed by atoms with van der Waals surface area (Å²) >= 11 is 1.20. The number of hydrogen-bond donors (Lipinski definition) is 1. The van der Waals surface area contributed by atoms with Crippen LogP contribution in [0.3, 0.4) is 0 Å². The highest BCUT2D eigenvalue weighted by Gasteiger charge is 2.12. The third-order valence-corrected chi connectivity index (χ3v) is 4.51. The van der Waals surface area contributed by atoms with E-state index < -0.39 is 0 Å². The Labute approximate surface area is 153 Å². The van der Waals surface area contributed by atoms with E-state index in [-0.39, 0.29) is 0 Å². The molecule has 4 heteroatoms. The summed E-state index contributed by atoms with van der Waals surface area (Å²) in [7, 11) is 3.33. The summed E-state index contributed by atoms with van der Waals surface area (Å²) in [5, 5.41) is 0. The Balaban J connectivity index is 2.11. The molecule has 0 fully saturated rings. The van der Waals surface area contributed by atoms with Crippen molar-refractivity contribution in [2.45, 2.75) is 6.92 Å². The molecule has 0 saturated heterocycles. The van der Waals surface area contributed by atoms with E-state index in [9.17, 15) is 0 Å². The van der Waals surface area contributed by atoms with Gasteiger partial charge < -0.3 is 13.6 Å². The minimum absolute atomic E-state index is 0.842. The van der Waals surface area contributed by atoms with Crippen LogP contribution in [0.15, 0.2) is 66.7 Å². The van der Waals surface area contributed by atoms with Crippen LogP contribution in [0.2, 0.25) is 0 Å². The van der Waals surface area contributed by atoms with Crippen LogP contribution in [0, 0.1) is 6.92 Å². The molecule has 0 atom stereocenters. The van der Waals surface area contributed by atoms with Crippen molar-refractivity contribution < 1.29 is 8.92 Å². The summed E-state index contributed by atoms with van der Waals surface area (Å²) in [6, 6.07) is 23.0. The number of nitrogens with one attached hydrogen (secondary N) is 1. The lowest BCUT2D eigenvalue weighted by molar-refractivity contribution is 0.416. The fraction of sp³-hybridized carbons (Fsp3) is 0.143. The molecule has 3 aromatic rings. The van der Waals surface area contributed by atoms with Crippen LogP contribution in [0.5, 0.6) is 5.75 Å². The smallest absolute Gasteiger partial charge is 0.126 e. The predicted octanol–water partition coefficient (Wildman–Crippen LogP) is 5.96. The molecular weight excluding hydrogens is 330 g/mol. The summed E-state index contributed by atoms with van der Waals surface area (Å²) in [6.45, 7) is 2.10. The Hall–Kier alpha value is -2.43. The quantitative estimate of drug-likeness (QED) is 0.438. The topological polar surface area (TPSA) is 30.5 Å². The molecule has 0 heterocycles. The third-order valence-electron chi connectivity index (χ3n) is 4.04. The lowest BCUT2D eigenvalue weighted by atomic mass is 9.96. The first-order valence-corrected chi connectivity index (χ1v) is 8.77. The highest BCUT2D eigenvalue weighted by molar-refractivity contribution is 7.96. The molecule has 0 aliphatic heterocycles. The van der Waals surface area contributed by atoms with Crippen LogP contribution < -0.4 is 9.46 Å². The van der Waals surface area contributed by atoms with Gasteiger partial charge in [0.2, 0.25) is 0 Å². The van der Waals surface area contributed by atoms with Crippen LogP contribution in [-0.4, -0.2) is 14.2 Å². The molecule has 25 heavy (non-hydrogen) atoms. The predicted molar refractivity (Wildman–Crippen MR) is 107 cm³/mol. The van der Waals surface area contributed by atoms with Gasteiger partial charge in [-0.05, 0) is 36.2 Å². The van der Waals surface area contributed by atoms with Crippen LogP contribution in [0.25, 0.3) is 22.3 Å². The van der Waals surface area contributed by atoms with Gasteiger partial charge in [-0.2, -0.15) is 0 Å². The highest BCUT2D eigenvalue weighted by Crippen LogP contribution is 2.38. The molecule has 3 rings (SSSR count). The van der Waals surface area contributed by atoms with E-state index in [4.69, 9.17) is 8.92 Å². The third kappa shape index (κ3) is 3.98. The number of aryl methyl sites for hydroxylation is 1. The number of para-hydroxylation sites is 1. The summed E-state index contributed by atoms with van der Waals surface area (Å²) < 4.78 is 13.9. The van der Waals surface area contributed by atoms with Gasteiger partial charge >= 0.3 is 0 Å². The van der Waals surface area contributed by atoms with Gasteiger partial charge in [-0.3, -0.25) is 0 Å². The first kappa shape index (κ1) is 17.4. The Bertz CT molecular complexity index is 847. The number of anilines is 1. The first-order chi connectivity index (χ1) is 12.2. The van der Waals surface area contributed by atoms with Crippen LogP contribution in [0.4, 0.5) is 5.69 Å². The second-order valence-corrected chi connectivity index (χ2v) is 6.38. The van der Waals surface area contributed by atoms with Crippen molar-refractivity contribution in [1.29, 1.82) is 0 Å². The van der Waals surface area contributed by atoms with Crippen molar-refractivity contribution >= 4 is 17.9 Å². The van der Waals surface area contributed by atoms with Crippen LogP contribution >= 0.6 is 12.2 Å². The Morgan fingerprint density at radius 2 is 1.52 bits per heavy atom. The lowest BCUT2D eigenvalue weighted by Crippen LogP contribution is -1.94. The van der Waals surface area contributed by atoms with Gasteiger partial charge in [-0.25, -0.2) is 0 Å². The van der Waals surface area contributed by atoms with E-state index in [0.29, 0.717) is 0 Å². The van der Waals surface area contributed by atoms with E-state index in [1.807, 2.05) is 18.2 Å². The fourth-order valence-electron chi connectivity index (χ4n) is 2.74. The summed E-state index contributed by atoms with van der Waals surface area (Å²) in [5.74, 6) is 0.842. The van der Waals surface area contributed by atoms with E-state index in [1.165, 1.54) is 23.4 Å². The molecule has 0 amide bonds.